The third kappa shape index (κ3) is 4.00. The lowest BCUT2D eigenvalue weighted by atomic mass is 9.92. The van der Waals surface area contributed by atoms with Gasteiger partial charge < -0.3 is 4.74 Å². The number of aromatic nitrogens is 2. The smallest absolute Gasteiger partial charge is 0.140 e. The lowest BCUT2D eigenvalue weighted by Gasteiger charge is -2.24. The largest absolute Gasteiger partial charge is 0.383 e. The van der Waals surface area contributed by atoms with E-state index in [1.54, 1.807) is 7.11 Å². The molecule has 1 fully saturated rings. The number of likely N-dealkylation sites (tertiary alicyclic amines) is 1. The zero-order valence-electron chi connectivity index (χ0n) is 13.3. The molecule has 0 bridgehead atoms. The molecule has 0 N–H and O–H groups in total. The van der Waals surface area contributed by atoms with Gasteiger partial charge in [0.1, 0.15) is 10.4 Å². The average molecular weight is 308 g/mol. The fraction of sp³-hybridized carbons (Fsp3) is 0.733. The van der Waals surface area contributed by atoms with Crippen LogP contribution in [0.1, 0.15) is 38.9 Å². The van der Waals surface area contributed by atoms with Gasteiger partial charge in [-0.2, -0.15) is 10.4 Å². The van der Waals surface area contributed by atoms with Gasteiger partial charge in [-0.15, -0.1) is 0 Å². The minimum absolute atomic E-state index is 0.0290. The van der Waals surface area contributed by atoms with Crippen molar-refractivity contribution < 1.29 is 4.74 Å². The van der Waals surface area contributed by atoms with Crippen LogP contribution in [0.5, 0.6) is 0 Å². The van der Waals surface area contributed by atoms with Gasteiger partial charge in [-0.3, -0.25) is 9.58 Å². The second-order valence-corrected chi connectivity index (χ2v) is 7.30. The SMILES string of the molecule is COCCN1CC[C@H](n2nc(SC#N)cc2C(C)(C)C)C1. The van der Waals surface area contributed by atoms with Crippen molar-refractivity contribution in [2.24, 2.45) is 0 Å². The monoisotopic (exact) mass is 308 g/mol. The molecule has 116 valence electrons. The Morgan fingerprint density at radius 2 is 2.29 bits per heavy atom. The molecule has 0 saturated carbocycles. The summed E-state index contributed by atoms with van der Waals surface area (Å²) in [7, 11) is 1.74. The van der Waals surface area contributed by atoms with E-state index in [1.807, 2.05) is 0 Å². The van der Waals surface area contributed by atoms with Gasteiger partial charge in [0.25, 0.3) is 0 Å². The fourth-order valence-corrected chi connectivity index (χ4v) is 3.14. The van der Waals surface area contributed by atoms with Crippen molar-refractivity contribution in [1.82, 2.24) is 14.7 Å². The van der Waals surface area contributed by atoms with Gasteiger partial charge in [0.15, 0.2) is 0 Å². The Morgan fingerprint density at radius 3 is 2.90 bits per heavy atom. The molecule has 1 saturated heterocycles. The molecule has 1 aromatic heterocycles. The van der Waals surface area contributed by atoms with Crippen molar-refractivity contribution >= 4 is 11.8 Å². The Kier molecular flexibility index (Phi) is 5.31. The maximum absolute atomic E-state index is 8.87. The molecule has 0 spiro atoms. The van der Waals surface area contributed by atoms with Crippen LogP contribution >= 0.6 is 11.8 Å². The van der Waals surface area contributed by atoms with E-state index in [0.29, 0.717) is 6.04 Å². The molecule has 2 rings (SSSR count). The second-order valence-electron chi connectivity index (χ2n) is 6.49. The van der Waals surface area contributed by atoms with Gasteiger partial charge in [-0.05, 0) is 12.5 Å². The summed E-state index contributed by atoms with van der Waals surface area (Å²) >= 11 is 1.14. The molecule has 0 amide bonds. The van der Waals surface area contributed by atoms with Crippen LogP contribution in [0.25, 0.3) is 0 Å². The van der Waals surface area contributed by atoms with Gasteiger partial charge in [0.2, 0.25) is 0 Å². The van der Waals surface area contributed by atoms with E-state index in [0.717, 1.165) is 49.4 Å². The summed E-state index contributed by atoms with van der Waals surface area (Å²) in [5.41, 5.74) is 1.24. The van der Waals surface area contributed by atoms with Crippen LogP contribution in [0.15, 0.2) is 11.1 Å². The van der Waals surface area contributed by atoms with Crippen LogP contribution in [0.3, 0.4) is 0 Å². The highest BCUT2D eigenvalue weighted by Crippen LogP contribution is 2.32. The number of thiocyanates is 1. The van der Waals surface area contributed by atoms with Crippen molar-refractivity contribution in [3.8, 4) is 5.40 Å². The maximum atomic E-state index is 8.87. The number of thioether (sulfide) groups is 1. The summed E-state index contributed by atoms with van der Waals surface area (Å²) in [6, 6.07) is 2.45. The lowest BCUT2D eigenvalue weighted by Crippen LogP contribution is -2.27. The van der Waals surface area contributed by atoms with Crippen molar-refractivity contribution in [2.75, 3.05) is 33.4 Å². The minimum Gasteiger partial charge on any atom is -0.383 e. The number of hydrogen-bond donors (Lipinski definition) is 0. The van der Waals surface area contributed by atoms with Crippen molar-refractivity contribution in [3.05, 3.63) is 11.8 Å². The molecule has 21 heavy (non-hydrogen) atoms. The van der Waals surface area contributed by atoms with Crippen LogP contribution in [0, 0.1) is 10.7 Å². The Morgan fingerprint density at radius 1 is 1.52 bits per heavy atom. The number of ether oxygens (including phenoxy) is 1. The highest BCUT2D eigenvalue weighted by Gasteiger charge is 2.30. The van der Waals surface area contributed by atoms with Crippen molar-refractivity contribution in [1.29, 1.82) is 5.26 Å². The number of nitriles is 1. The normalized spacial score (nSPS) is 19.9. The summed E-state index contributed by atoms with van der Waals surface area (Å²) in [5, 5.41) is 16.5. The Bertz CT molecular complexity index is 515. The van der Waals surface area contributed by atoms with Crippen molar-refractivity contribution in [2.45, 2.75) is 43.7 Å². The zero-order chi connectivity index (χ0) is 15.5. The molecule has 6 heteroatoms. The van der Waals surface area contributed by atoms with E-state index in [1.165, 1.54) is 5.69 Å². The van der Waals surface area contributed by atoms with Gasteiger partial charge in [0.05, 0.1) is 12.6 Å². The Labute approximate surface area is 131 Å². The third-order valence-corrected chi connectivity index (χ3v) is 4.34. The first-order chi connectivity index (χ1) is 9.95. The lowest BCUT2D eigenvalue weighted by molar-refractivity contribution is 0.158. The molecule has 0 radical (unpaired) electrons. The number of hydrogen-bond acceptors (Lipinski definition) is 5. The molecule has 0 unspecified atom stereocenters. The van der Waals surface area contributed by atoms with E-state index < -0.39 is 0 Å². The van der Waals surface area contributed by atoms with Gasteiger partial charge in [-0.25, -0.2) is 0 Å². The quantitative estimate of drug-likeness (QED) is 0.618. The highest BCUT2D eigenvalue weighted by atomic mass is 32.2. The molecule has 1 aromatic rings. The number of rotatable bonds is 5. The summed E-state index contributed by atoms with van der Waals surface area (Å²) in [5.74, 6) is 0. The maximum Gasteiger partial charge on any atom is 0.140 e. The predicted octanol–water partition coefficient (Wildman–Crippen LogP) is 2.65. The fourth-order valence-electron chi connectivity index (χ4n) is 2.74. The molecule has 2 heterocycles. The summed E-state index contributed by atoms with van der Waals surface area (Å²) < 4.78 is 7.30. The van der Waals surface area contributed by atoms with Crippen LogP contribution < -0.4 is 0 Å². The molecular formula is C15H24N4OS. The summed E-state index contributed by atoms with van der Waals surface area (Å²) in [4.78, 5) is 2.42. The topological polar surface area (TPSA) is 54.1 Å². The first-order valence-electron chi connectivity index (χ1n) is 7.33. The third-order valence-electron chi connectivity index (χ3n) is 3.84. The minimum atomic E-state index is 0.0290. The van der Waals surface area contributed by atoms with Crippen LogP contribution in [-0.2, 0) is 10.2 Å². The number of methoxy groups -OCH3 is 1. The molecule has 1 atom stereocenters. The van der Waals surface area contributed by atoms with Crippen LogP contribution in [-0.4, -0.2) is 48.0 Å². The number of nitrogens with zero attached hydrogens (tertiary/aromatic N) is 4. The zero-order valence-corrected chi connectivity index (χ0v) is 14.1. The summed E-state index contributed by atoms with van der Waals surface area (Å²) in [6.45, 7) is 10.4. The Balaban J connectivity index is 2.17. The van der Waals surface area contributed by atoms with E-state index in [-0.39, 0.29) is 5.41 Å². The van der Waals surface area contributed by atoms with E-state index in [9.17, 15) is 0 Å². The van der Waals surface area contributed by atoms with E-state index >= 15 is 0 Å². The van der Waals surface area contributed by atoms with Gasteiger partial charge in [0, 0.05) is 49.6 Å². The van der Waals surface area contributed by atoms with Crippen molar-refractivity contribution in [3.63, 3.8) is 0 Å². The molecule has 1 aliphatic heterocycles. The first-order valence-corrected chi connectivity index (χ1v) is 8.14. The highest BCUT2D eigenvalue weighted by molar-refractivity contribution is 8.03. The molecule has 5 nitrogen and oxygen atoms in total. The first kappa shape index (κ1) is 16.3. The molecule has 0 aromatic carbocycles. The van der Waals surface area contributed by atoms with Crippen LogP contribution in [0.4, 0.5) is 0 Å². The standard InChI is InChI=1S/C15H24N4OS/c1-15(2,3)13-9-14(21-11-16)17-19(13)12-5-6-18(10-12)7-8-20-4/h9,12H,5-8,10H2,1-4H3/t12-/m0/s1. The van der Waals surface area contributed by atoms with Crippen LogP contribution in [0.2, 0.25) is 0 Å². The average Bonchev–Trinajstić information content (AvgIpc) is 3.02. The summed E-state index contributed by atoms with van der Waals surface area (Å²) in [6.07, 6.45) is 1.10. The second kappa shape index (κ2) is 6.82. The van der Waals surface area contributed by atoms with Gasteiger partial charge >= 0.3 is 0 Å². The molecule has 0 aliphatic carbocycles. The van der Waals surface area contributed by atoms with E-state index in [4.69, 9.17) is 10.00 Å². The molecular weight excluding hydrogens is 284 g/mol. The van der Waals surface area contributed by atoms with Gasteiger partial charge in [-0.1, -0.05) is 20.8 Å². The predicted molar refractivity (Wildman–Crippen MR) is 84.4 cm³/mol. The molecule has 1 aliphatic rings. The Hall–Kier alpha value is -1.03. The van der Waals surface area contributed by atoms with E-state index in [2.05, 4.69) is 46.9 Å².